The van der Waals surface area contributed by atoms with E-state index < -0.39 is 5.82 Å². The Labute approximate surface area is 122 Å². The summed E-state index contributed by atoms with van der Waals surface area (Å²) in [6, 6.07) is 4.63. The topological polar surface area (TPSA) is 74.1 Å². The minimum Gasteiger partial charge on any atom is -0.491 e. The third-order valence-electron chi connectivity index (χ3n) is 2.76. The number of ether oxygens (including phenoxy) is 2. The Bertz CT molecular complexity index is 575. The monoisotopic (exact) mass is 295 g/mol. The maximum absolute atomic E-state index is 13.9. The summed E-state index contributed by atoms with van der Waals surface area (Å²) in [5.41, 5.74) is 0.546. The van der Waals surface area contributed by atoms with Gasteiger partial charge in [0.25, 0.3) is 0 Å². The van der Waals surface area contributed by atoms with Gasteiger partial charge in [0.05, 0.1) is 25.4 Å². The van der Waals surface area contributed by atoms with E-state index >= 15 is 0 Å². The highest BCUT2D eigenvalue weighted by atomic mass is 19.1. The Hall–Kier alpha value is -2.06. The van der Waals surface area contributed by atoms with Gasteiger partial charge in [-0.3, -0.25) is 0 Å². The summed E-state index contributed by atoms with van der Waals surface area (Å²) in [4.78, 5) is 0. The van der Waals surface area contributed by atoms with Crippen LogP contribution in [0.25, 0.3) is 5.69 Å². The lowest BCUT2D eigenvalue weighted by molar-refractivity contribution is 0.199. The summed E-state index contributed by atoms with van der Waals surface area (Å²) in [6.45, 7) is 3.96. The van der Waals surface area contributed by atoms with Crippen molar-refractivity contribution in [1.29, 1.82) is 0 Å². The van der Waals surface area contributed by atoms with Crippen LogP contribution in [0.15, 0.2) is 18.2 Å². The molecule has 1 aromatic heterocycles. The molecule has 2 rings (SSSR count). The van der Waals surface area contributed by atoms with Crippen molar-refractivity contribution in [3.8, 4) is 11.4 Å². The lowest BCUT2D eigenvalue weighted by Crippen LogP contribution is -2.21. The molecule has 0 aliphatic carbocycles. The molecule has 0 spiro atoms. The second-order valence-electron chi connectivity index (χ2n) is 4.22. The van der Waals surface area contributed by atoms with Crippen molar-refractivity contribution < 1.29 is 13.9 Å². The Morgan fingerprint density at radius 2 is 2.24 bits per heavy atom. The van der Waals surface area contributed by atoms with Gasteiger partial charge in [-0.05, 0) is 29.5 Å². The Kier molecular flexibility index (Phi) is 5.59. The van der Waals surface area contributed by atoms with E-state index in [-0.39, 0.29) is 5.75 Å². The number of nitrogens with zero attached hydrogens (tertiary/aromatic N) is 4. The van der Waals surface area contributed by atoms with Gasteiger partial charge in [0, 0.05) is 19.7 Å². The number of hydrogen-bond donors (Lipinski definition) is 1. The van der Waals surface area contributed by atoms with Gasteiger partial charge in [-0.2, -0.15) is 4.68 Å². The highest BCUT2D eigenvalue weighted by Gasteiger charge is 2.11. The molecule has 114 valence electrons. The molecule has 0 radical (unpaired) electrons. The zero-order valence-electron chi connectivity index (χ0n) is 12.0. The fraction of sp³-hybridized carbons (Fsp3) is 0.462. The summed E-state index contributed by atoms with van der Waals surface area (Å²) in [5, 5.41) is 14.6. The summed E-state index contributed by atoms with van der Waals surface area (Å²) in [6.07, 6.45) is 0. The highest BCUT2D eigenvalue weighted by molar-refractivity contribution is 5.38. The molecule has 1 heterocycles. The van der Waals surface area contributed by atoms with E-state index in [1.165, 1.54) is 10.7 Å². The van der Waals surface area contributed by atoms with Crippen molar-refractivity contribution in [3.63, 3.8) is 0 Å². The van der Waals surface area contributed by atoms with Gasteiger partial charge in [0.2, 0.25) is 0 Å². The predicted molar refractivity (Wildman–Crippen MR) is 73.9 cm³/mol. The van der Waals surface area contributed by atoms with E-state index in [2.05, 4.69) is 20.8 Å². The van der Waals surface area contributed by atoms with Crippen LogP contribution in [0, 0.1) is 5.82 Å². The highest BCUT2D eigenvalue weighted by Crippen LogP contribution is 2.20. The molecule has 1 N–H and O–H groups in total. The van der Waals surface area contributed by atoms with Gasteiger partial charge in [0.1, 0.15) is 0 Å². The number of aromatic nitrogens is 4. The lowest BCUT2D eigenvalue weighted by Gasteiger charge is -2.08. The summed E-state index contributed by atoms with van der Waals surface area (Å²) in [7, 11) is 1.63. The van der Waals surface area contributed by atoms with Crippen LogP contribution in [-0.2, 0) is 11.3 Å². The predicted octanol–water partition coefficient (Wildman–Crippen LogP) is 0.936. The zero-order valence-corrected chi connectivity index (χ0v) is 12.0. The van der Waals surface area contributed by atoms with Crippen LogP contribution in [0.4, 0.5) is 4.39 Å². The summed E-state index contributed by atoms with van der Waals surface area (Å²) >= 11 is 0. The molecule has 8 heteroatoms. The van der Waals surface area contributed by atoms with Crippen molar-refractivity contribution in [1.82, 2.24) is 25.5 Å². The smallest absolute Gasteiger partial charge is 0.170 e. The molecule has 0 atom stereocenters. The third kappa shape index (κ3) is 3.96. The standard InChI is InChI=1S/C13H18FN5O2/c1-3-21-12-5-4-10(8-11(12)14)19-13(16-17-18-19)9-15-6-7-20-2/h4-5,8,15H,3,6-7,9H2,1-2H3. The van der Waals surface area contributed by atoms with Crippen LogP contribution < -0.4 is 10.1 Å². The van der Waals surface area contributed by atoms with Crippen molar-refractivity contribution in [2.75, 3.05) is 26.9 Å². The molecule has 0 aliphatic heterocycles. The first-order valence-electron chi connectivity index (χ1n) is 6.66. The fourth-order valence-corrected chi connectivity index (χ4v) is 1.78. The molecule has 0 saturated heterocycles. The maximum atomic E-state index is 13.9. The van der Waals surface area contributed by atoms with Crippen LogP contribution >= 0.6 is 0 Å². The van der Waals surface area contributed by atoms with Crippen molar-refractivity contribution in [2.45, 2.75) is 13.5 Å². The van der Waals surface area contributed by atoms with Gasteiger partial charge >= 0.3 is 0 Å². The first-order chi connectivity index (χ1) is 10.3. The van der Waals surface area contributed by atoms with Crippen LogP contribution in [0.3, 0.4) is 0 Å². The minimum atomic E-state index is -0.442. The SMILES string of the molecule is CCOc1ccc(-n2nnnc2CNCCOC)cc1F. The fourth-order valence-electron chi connectivity index (χ4n) is 1.78. The first-order valence-corrected chi connectivity index (χ1v) is 6.66. The second kappa shape index (κ2) is 7.65. The number of tetrazole rings is 1. The van der Waals surface area contributed by atoms with E-state index in [0.717, 1.165) is 0 Å². The number of hydrogen-bond acceptors (Lipinski definition) is 6. The quantitative estimate of drug-likeness (QED) is 0.731. The van der Waals surface area contributed by atoms with Gasteiger partial charge < -0.3 is 14.8 Å². The van der Waals surface area contributed by atoms with E-state index in [0.29, 0.717) is 37.8 Å². The number of nitrogens with one attached hydrogen (secondary N) is 1. The number of methoxy groups -OCH3 is 1. The van der Waals surface area contributed by atoms with E-state index in [9.17, 15) is 4.39 Å². The molecule has 1 aromatic carbocycles. The van der Waals surface area contributed by atoms with Crippen LogP contribution in [0.5, 0.6) is 5.75 Å². The number of rotatable bonds is 8. The maximum Gasteiger partial charge on any atom is 0.170 e. The lowest BCUT2D eigenvalue weighted by atomic mass is 10.3. The number of benzene rings is 1. The normalized spacial score (nSPS) is 10.8. The van der Waals surface area contributed by atoms with Crippen molar-refractivity contribution in [2.24, 2.45) is 0 Å². The molecule has 0 bridgehead atoms. The molecule has 21 heavy (non-hydrogen) atoms. The second-order valence-corrected chi connectivity index (χ2v) is 4.22. The van der Waals surface area contributed by atoms with Crippen LogP contribution in [-0.4, -0.2) is 47.1 Å². The zero-order chi connectivity index (χ0) is 15.1. The summed E-state index contributed by atoms with van der Waals surface area (Å²) < 4.78 is 25.5. The van der Waals surface area contributed by atoms with E-state index in [1.54, 1.807) is 26.2 Å². The molecule has 2 aromatic rings. The molecule has 0 fully saturated rings. The van der Waals surface area contributed by atoms with E-state index in [1.807, 2.05) is 0 Å². The molecular formula is C13H18FN5O2. The van der Waals surface area contributed by atoms with Gasteiger partial charge in [-0.25, -0.2) is 4.39 Å². The van der Waals surface area contributed by atoms with Gasteiger partial charge in [-0.15, -0.1) is 5.10 Å². The third-order valence-corrected chi connectivity index (χ3v) is 2.76. The average Bonchev–Trinajstić information content (AvgIpc) is 2.94. The average molecular weight is 295 g/mol. The Balaban J connectivity index is 2.11. The molecular weight excluding hydrogens is 277 g/mol. The molecule has 7 nitrogen and oxygen atoms in total. The van der Waals surface area contributed by atoms with Crippen molar-refractivity contribution >= 4 is 0 Å². The summed E-state index contributed by atoms with van der Waals surface area (Å²) in [5.74, 6) is 0.367. The van der Waals surface area contributed by atoms with Gasteiger partial charge in [0.15, 0.2) is 17.4 Å². The number of halogens is 1. The molecule has 0 amide bonds. The molecule has 0 aliphatic rings. The van der Waals surface area contributed by atoms with Crippen LogP contribution in [0.1, 0.15) is 12.7 Å². The molecule has 0 saturated carbocycles. The Morgan fingerprint density at radius 1 is 1.38 bits per heavy atom. The first kappa shape index (κ1) is 15.3. The largest absolute Gasteiger partial charge is 0.491 e. The van der Waals surface area contributed by atoms with Gasteiger partial charge in [-0.1, -0.05) is 0 Å². The van der Waals surface area contributed by atoms with Crippen molar-refractivity contribution in [3.05, 3.63) is 29.8 Å². The minimum absolute atomic E-state index is 0.217. The van der Waals surface area contributed by atoms with Crippen LogP contribution in [0.2, 0.25) is 0 Å². The Morgan fingerprint density at radius 3 is 2.95 bits per heavy atom. The molecule has 0 unspecified atom stereocenters. The van der Waals surface area contributed by atoms with E-state index in [4.69, 9.17) is 9.47 Å².